The zero-order chi connectivity index (χ0) is 14.8. The maximum Gasteiger partial charge on any atom is 0.281 e. The van der Waals surface area contributed by atoms with Crippen LogP contribution in [0, 0.1) is 0 Å². The summed E-state index contributed by atoms with van der Waals surface area (Å²) in [5.41, 5.74) is 6.01. The fourth-order valence-electron chi connectivity index (χ4n) is 1.58. The summed E-state index contributed by atoms with van der Waals surface area (Å²) in [5.74, 6) is 0.395. The summed E-state index contributed by atoms with van der Waals surface area (Å²) in [6, 6.07) is 8.01. The molecular formula is C12H12BrN3O3S. The van der Waals surface area contributed by atoms with Crippen molar-refractivity contribution in [2.24, 2.45) is 0 Å². The van der Waals surface area contributed by atoms with Crippen LogP contribution in [0.1, 0.15) is 0 Å². The highest BCUT2D eigenvalue weighted by Crippen LogP contribution is 2.30. The summed E-state index contributed by atoms with van der Waals surface area (Å²) in [4.78, 5) is 3.80. The highest BCUT2D eigenvalue weighted by Gasteiger charge is 2.20. The number of pyridine rings is 1. The van der Waals surface area contributed by atoms with Crippen molar-refractivity contribution < 1.29 is 13.2 Å². The smallest absolute Gasteiger partial charge is 0.281 e. The van der Waals surface area contributed by atoms with Gasteiger partial charge in [-0.1, -0.05) is 15.9 Å². The van der Waals surface area contributed by atoms with Gasteiger partial charge >= 0.3 is 0 Å². The number of benzene rings is 1. The second kappa shape index (κ2) is 5.68. The first kappa shape index (κ1) is 14.6. The molecule has 0 spiro atoms. The standard InChI is InChI=1S/C12H12BrN3O3S/c1-19-11-5-4-8(13)7-10(11)16-20(17,18)12-9(14)3-2-6-15-12/h2-7,16H,14H2,1H3. The third-order valence-corrected chi connectivity index (χ3v) is 4.29. The van der Waals surface area contributed by atoms with E-state index in [9.17, 15) is 8.42 Å². The Labute approximate surface area is 125 Å². The number of nitrogens with two attached hydrogens (primary N) is 1. The van der Waals surface area contributed by atoms with Gasteiger partial charge in [-0.2, -0.15) is 8.42 Å². The molecular weight excluding hydrogens is 346 g/mol. The number of hydrogen-bond acceptors (Lipinski definition) is 5. The molecule has 0 saturated heterocycles. The summed E-state index contributed by atoms with van der Waals surface area (Å²) < 4.78 is 32.8. The first-order valence-electron chi connectivity index (χ1n) is 5.51. The van der Waals surface area contributed by atoms with Crippen LogP contribution >= 0.6 is 15.9 Å². The summed E-state index contributed by atoms with van der Waals surface area (Å²) in [6.45, 7) is 0. The number of nitrogens with one attached hydrogen (secondary N) is 1. The molecule has 1 aromatic heterocycles. The van der Waals surface area contributed by atoms with Gasteiger partial charge in [0.1, 0.15) is 5.75 Å². The number of nitrogens with zero attached hydrogens (tertiary/aromatic N) is 1. The maximum atomic E-state index is 12.3. The second-order valence-electron chi connectivity index (χ2n) is 3.85. The monoisotopic (exact) mass is 357 g/mol. The van der Waals surface area contributed by atoms with E-state index in [4.69, 9.17) is 10.5 Å². The summed E-state index contributed by atoms with van der Waals surface area (Å²) >= 11 is 3.27. The molecule has 0 unspecified atom stereocenters. The van der Waals surface area contributed by atoms with Crippen molar-refractivity contribution in [3.8, 4) is 5.75 Å². The molecule has 0 saturated carbocycles. The molecule has 3 N–H and O–H groups in total. The minimum atomic E-state index is -3.88. The van der Waals surface area contributed by atoms with E-state index < -0.39 is 10.0 Å². The minimum Gasteiger partial charge on any atom is -0.495 e. The minimum absolute atomic E-state index is 0.0777. The lowest BCUT2D eigenvalue weighted by atomic mass is 10.3. The van der Waals surface area contributed by atoms with E-state index in [2.05, 4.69) is 25.6 Å². The molecule has 0 fully saturated rings. The van der Waals surface area contributed by atoms with Crippen LogP contribution in [0.5, 0.6) is 5.75 Å². The van der Waals surface area contributed by atoms with E-state index in [1.165, 1.54) is 19.4 Å². The molecule has 0 aliphatic heterocycles. The van der Waals surface area contributed by atoms with Gasteiger partial charge in [0.2, 0.25) is 0 Å². The van der Waals surface area contributed by atoms with Crippen LogP contribution in [0.2, 0.25) is 0 Å². The molecule has 0 aliphatic rings. The Balaban J connectivity index is 2.44. The van der Waals surface area contributed by atoms with Gasteiger partial charge < -0.3 is 10.5 Å². The van der Waals surface area contributed by atoms with E-state index in [0.717, 1.165) is 0 Å². The molecule has 106 valence electrons. The molecule has 0 amide bonds. The number of methoxy groups -OCH3 is 1. The Bertz CT molecular complexity index is 734. The second-order valence-corrected chi connectivity index (χ2v) is 6.36. The van der Waals surface area contributed by atoms with Gasteiger partial charge in [0.15, 0.2) is 5.03 Å². The zero-order valence-corrected chi connectivity index (χ0v) is 12.9. The highest BCUT2D eigenvalue weighted by atomic mass is 79.9. The van der Waals surface area contributed by atoms with Gasteiger partial charge in [-0.3, -0.25) is 4.72 Å². The predicted octanol–water partition coefficient (Wildman–Crippen LogP) is 2.24. The van der Waals surface area contributed by atoms with Crippen molar-refractivity contribution in [2.75, 3.05) is 17.6 Å². The van der Waals surface area contributed by atoms with Gasteiger partial charge in [-0.15, -0.1) is 0 Å². The lowest BCUT2D eigenvalue weighted by molar-refractivity contribution is 0.417. The van der Waals surface area contributed by atoms with E-state index in [1.54, 1.807) is 24.3 Å². The number of halogens is 1. The average molecular weight is 358 g/mol. The van der Waals surface area contributed by atoms with Crippen LogP contribution < -0.4 is 15.2 Å². The summed E-state index contributed by atoms with van der Waals surface area (Å²) in [6.07, 6.45) is 1.36. The van der Waals surface area contributed by atoms with Crippen molar-refractivity contribution >= 4 is 37.3 Å². The van der Waals surface area contributed by atoms with Crippen LogP contribution in [-0.4, -0.2) is 20.5 Å². The number of sulfonamides is 1. The topological polar surface area (TPSA) is 94.3 Å². The average Bonchev–Trinajstić information content (AvgIpc) is 2.39. The van der Waals surface area contributed by atoms with Crippen LogP contribution in [0.3, 0.4) is 0 Å². The number of ether oxygens (including phenoxy) is 1. The lowest BCUT2D eigenvalue weighted by Gasteiger charge is -2.12. The van der Waals surface area contributed by atoms with E-state index in [-0.39, 0.29) is 10.7 Å². The largest absolute Gasteiger partial charge is 0.495 e. The summed E-state index contributed by atoms with van der Waals surface area (Å²) in [5, 5.41) is -0.220. The van der Waals surface area contributed by atoms with Gasteiger partial charge in [-0.05, 0) is 30.3 Å². The van der Waals surface area contributed by atoms with Crippen molar-refractivity contribution in [3.63, 3.8) is 0 Å². The fraction of sp³-hybridized carbons (Fsp3) is 0.0833. The molecule has 20 heavy (non-hydrogen) atoms. The Kier molecular flexibility index (Phi) is 4.15. The highest BCUT2D eigenvalue weighted by molar-refractivity contribution is 9.10. The van der Waals surface area contributed by atoms with Crippen molar-refractivity contribution in [2.45, 2.75) is 5.03 Å². The Hall–Kier alpha value is -1.80. The normalized spacial score (nSPS) is 11.1. The van der Waals surface area contributed by atoms with Crippen molar-refractivity contribution in [1.82, 2.24) is 4.98 Å². The number of nitrogen functional groups attached to an aromatic ring is 1. The van der Waals surface area contributed by atoms with Gasteiger partial charge in [0, 0.05) is 10.7 Å². The summed E-state index contributed by atoms with van der Waals surface area (Å²) in [7, 11) is -2.43. The number of aromatic nitrogens is 1. The maximum absolute atomic E-state index is 12.3. The first-order valence-corrected chi connectivity index (χ1v) is 7.78. The molecule has 2 rings (SSSR count). The molecule has 0 aliphatic carbocycles. The molecule has 0 atom stereocenters. The van der Waals surface area contributed by atoms with Crippen molar-refractivity contribution in [1.29, 1.82) is 0 Å². The molecule has 2 aromatic rings. The third kappa shape index (κ3) is 3.02. The van der Waals surface area contributed by atoms with E-state index in [1.807, 2.05) is 0 Å². The van der Waals surface area contributed by atoms with Crippen LogP contribution in [0.4, 0.5) is 11.4 Å². The Morgan fingerprint density at radius 1 is 1.35 bits per heavy atom. The molecule has 0 bridgehead atoms. The lowest BCUT2D eigenvalue weighted by Crippen LogP contribution is -2.16. The van der Waals surface area contributed by atoms with Crippen LogP contribution in [0.15, 0.2) is 46.0 Å². The molecule has 1 heterocycles. The quantitative estimate of drug-likeness (QED) is 0.874. The van der Waals surface area contributed by atoms with Crippen LogP contribution in [-0.2, 0) is 10.0 Å². The Morgan fingerprint density at radius 3 is 2.75 bits per heavy atom. The Morgan fingerprint density at radius 2 is 2.10 bits per heavy atom. The molecule has 0 radical (unpaired) electrons. The molecule has 1 aromatic carbocycles. The SMILES string of the molecule is COc1ccc(Br)cc1NS(=O)(=O)c1ncccc1N. The number of anilines is 2. The third-order valence-electron chi connectivity index (χ3n) is 2.46. The van der Waals surface area contributed by atoms with Gasteiger partial charge in [0.25, 0.3) is 10.0 Å². The van der Waals surface area contributed by atoms with E-state index >= 15 is 0 Å². The molecule has 6 nitrogen and oxygen atoms in total. The number of rotatable bonds is 4. The predicted molar refractivity (Wildman–Crippen MR) is 80.2 cm³/mol. The zero-order valence-electron chi connectivity index (χ0n) is 10.5. The number of hydrogen-bond donors (Lipinski definition) is 2. The van der Waals surface area contributed by atoms with Crippen LogP contribution in [0.25, 0.3) is 0 Å². The van der Waals surface area contributed by atoms with Crippen molar-refractivity contribution in [3.05, 3.63) is 41.0 Å². The molecule has 8 heteroatoms. The van der Waals surface area contributed by atoms with Gasteiger partial charge in [0.05, 0.1) is 18.5 Å². The first-order chi connectivity index (χ1) is 9.44. The van der Waals surface area contributed by atoms with E-state index in [0.29, 0.717) is 15.9 Å². The fourth-order valence-corrected chi connectivity index (χ4v) is 3.07. The van der Waals surface area contributed by atoms with Gasteiger partial charge in [-0.25, -0.2) is 4.98 Å².